The summed E-state index contributed by atoms with van der Waals surface area (Å²) in [6.45, 7) is 16.5. The standard InChI is InChI=1S/C17H27N3/c1-6-9-20(10-7-2)17-12-15(13-18-14(4)5)11-16(8-3)19-17/h6-7,11-12,14,18H,1-2,8-10,13H2,3-5H3. The van der Waals surface area contributed by atoms with Gasteiger partial charge in [0.1, 0.15) is 5.82 Å². The Bertz CT molecular complexity index is 428. The fourth-order valence-electron chi connectivity index (χ4n) is 1.97. The summed E-state index contributed by atoms with van der Waals surface area (Å²) in [5, 5.41) is 3.46. The maximum atomic E-state index is 4.72. The molecule has 0 saturated heterocycles. The maximum absolute atomic E-state index is 4.72. The van der Waals surface area contributed by atoms with Crippen molar-refractivity contribution in [1.82, 2.24) is 10.3 Å². The lowest BCUT2D eigenvalue weighted by molar-refractivity contribution is 0.588. The fourth-order valence-corrected chi connectivity index (χ4v) is 1.97. The first kappa shape index (κ1) is 16.4. The Morgan fingerprint density at radius 3 is 2.40 bits per heavy atom. The summed E-state index contributed by atoms with van der Waals surface area (Å²) in [6.07, 6.45) is 4.74. The number of hydrogen-bond donors (Lipinski definition) is 1. The molecule has 110 valence electrons. The summed E-state index contributed by atoms with van der Waals surface area (Å²) >= 11 is 0. The van der Waals surface area contributed by atoms with Gasteiger partial charge in [-0.3, -0.25) is 0 Å². The molecule has 1 heterocycles. The smallest absolute Gasteiger partial charge is 0.129 e. The molecule has 3 nitrogen and oxygen atoms in total. The molecule has 0 amide bonds. The van der Waals surface area contributed by atoms with E-state index in [0.717, 1.165) is 37.6 Å². The number of rotatable bonds is 9. The quantitative estimate of drug-likeness (QED) is 0.700. The number of aryl methyl sites for hydroxylation is 1. The van der Waals surface area contributed by atoms with Gasteiger partial charge in [-0.05, 0) is 24.1 Å². The highest BCUT2D eigenvalue weighted by molar-refractivity contribution is 5.44. The zero-order chi connectivity index (χ0) is 15.0. The molecule has 0 saturated carbocycles. The number of hydrogen-bond acceptors (Lipinski definition) is 3. The summed E-state index contributed by atoms with van der Waals surface area (Å²) in [5.74, 6) is 1.00. The van der Waals surface area contributed by atoms with E-state index in [9.17, 15) is 0 Å². The first-order valence-corrected chi connectivity index (χ1v) is 7.30. The van der Waals surface area contributed by atoms with Crippen LogP contribution >= 0.6 is 0 Å². The average Bonchev–Trinajstić information content (AvgIpc) is 2.44. The first-order valence-electron chi connectivity index (χ1n) is 7.30. The van der Waals surface area contributed by atoms with E-state index < -0.39 is 0 Å². The van der Waals surface area contributed by atoms with E-state index in [-0.39, 0.29) is 0 Å². The van der Waals surface area contributed by atoms with E-state index in [1.165, 1.54) is 5.56 Å². The minimum absolute atomic E-state index is 0.481. The van der Waals surface area contributed by atoms with Crippen LogP contribution < -0.4 is 10.2 Å². The molecular formula is C17H27N3. The third kappa shape index (κ3) is 5.17. The van der Waals surface area contributed by atoms with E-state index in [2.05, 4.69) is 56.3 Å². The molecule has 0 radical (unpaired) electrons. The van der Waals surface area contributed by atoms with Gasteiger partial charge in [-0.2, -0.15) is 0 Å². The van der Waals surface area contributed by atoms with Crippen LogP contribution in [-0.4, -0.2) is 24.1 Å². The minimum Gasteiger partial charge on any atom is -0.349 e. The van der Waals surface area contributed by atoms with E-state index in [4.69, 9.17) is 4.98 Å². The first-order chi connectivity index (χ1) is 9.60. The van der Waals surface area contributed by atoms with Gasteiger partial charge in [0.2, 0.25) is 0 Å². The molecule has 0 aromatic carbocycles. The van der Waals surface area contributed by atoms with Crippen LogP contribution in [0.15, 0.2) is 37.4 Å². The molecule has 1 aromatic rings. The molecule has 0 fully saturated rings. The Hall–Kier alpha value is -1.61. The molecule has 0 aliphatic rings. The molecule has 0 unspecified atom stereocenters. The molecular weight excluding hydrogens is 246 g/mol. The Morgan fingerprint density at radius 2 is 1.90 bits per heavy atom. The Kier molecular flexibility index (Phi) is 7.02. The monoisotopic (exact) mass is 273 g/mol. The fraction of sp³-hybridized carbons (Fsp3) is 0.471. The second-order valence-electron chi connectivity index (χ2n) is 5.20. The van der Waals surface area contributed by atoms with Gasteiger partial charge in [-0.1, -0.05) is 32.9 Å². The van der Waals surface area contributed by atoms with Crippen LogP contribution in [0.5, 0.6) is 0 Å². The molecule has 0 atom stereocenters. The summed E-state index contributed by atoms with van der Waals surface area (Å²) in [6, 6.07) is 4.81. The number of aromatic nitrogens is 1. The Labute approximate surface area is 123 Å². The van der Waals surface area contributed by atoms with Gasteiger partial charge < -0.3 is 10.2 Å². The van der Waals surface area contributed by atoms with Crippen molar-refractivity contribution in [2.45, 2.75) is 39.8 Å². The third-order valence-electron chi connectivity index (χ3n) is 3.02. The molecule has 0 spiro atoms. The van der Waals surface area contributed by atoms with Gasteiger partial charge in [0.25, 0.3) is 0 Å². The molecule has 0 aliphatic carbocycles. The number of nitrogens with zero attached hydrogens (tertiary/aromatic N) is 2. The number of pyridine rings is 1. The highest BCUT2D eigenvalue weighted by atomic mass is 15.2. The number of nitrogens with one attached hydrogen (secondary N) is 1. The van der Waals surface area contributed by atoms with Crippen LogP contribution in [0, 0.1) is 0 Å². The van der Waals surface area contributed by atoms with Crippen LogP contribution in [0.25, 0.3) is 0 Å². The molecule has 1 rings (SSSR count). The van der Waals surface area contributed by atoms with Crippen molar-refractivity contribution in [3.05, 3.63) is 48.7 Å². The molecule has 0 aliphatic heterocycles. The number of anilines is 1. The summed E-state index contributed by atoms with van der Waals surface area (Å²) in [4.78, 5) is 6.90. The van der Waals surface area contributed by atoms with E-state index in [0.29, 0.717) is 6.04 Å². The zero-order valence-electron chi connectivity index (χ0n) is 13.0. The van der Waals surface area contributed by atoms with Crippen molar-refractivity contribution < 1.29 is 0 Å². The van der Waals surface area contributed by atoms with Crippen LogP contribution in [0.4, 0.5) is 5.82 Å². The summed E-state index contributed by atoms with van der Waals surface area (Å²) < 4.78 is 0. The van der Waals surface area contributed by atoms with Gasteiger partial charge in [0, 0.05) is 31.4 Å². The average molecular weight is 273 g/mol. The van der Waals surface area contributed by atoms with Crippen molar-refractivity contribution in [2.24, 2.45) is 0 Å². The van der Waals surface area contributed by atoms with Gasteiger partial charge >= 0.3 is 0 Å². The van der Waals surface area contributed by atoms with Crippen molar-refractivity contribution in [2.75, 3.05) is 18.0 Å². The van der Waals surface area contributed by atoms with Crippen molar-refractivity contribution >= 4 is 5.82 Å². The largest absolute Gasteiger partial charge is 0.349 e. The Balaban J connectivity index is 3.00. The topological polar surface area (TPSA) is 28.2 Å². The molecule has 0 bridgehead atoms. The second-order valence-corrected chi connectivity index (χ2v) is 5.20. The van der Waals surface area contributed by atoms with Gasteiger partial charge in [-0.25, -0.2) is 4.98 Å². The summed E-state index contributed by atoms with van der Waals surface area (Å²) in [7, 11) is 0. The predicted octanol–water partition coefficient (Wildman–Crippen LogP) is 3.32. The van der Waals surface area contributed by atoms with Crippen molar-refractivity contribution in [1.29, 1.82) is 0 Å². The zero-order valence-corrected chi connectivity index (χ0v) is 13.0. The van der Waals surface area contributed by atoms with Gasteiger partial charge in [-0.15, -0.1) is 13.2 Å². The van der Waals surface area contributed by atoms with Crippen LogP contribution in [-0.2, 0) is 13.0 Å². The summed E-state index contributed by atoms with van der Waals surface area (Å²) in [5.41, 5.74) is 2.40. The van der Waals surface area contributed by atoms with Crippen molar-refractivity contribution in [3.63, 3.8) is 0 Å². The maximum Gasteiger partial charge on any atom is 0.129 e. The second kappa shape index (κ2) is 8.54. The lowest BCUT2D eigenvalue weighted by Crippen LogP contribution is -2.26. The highest BCUT2D eigenvalue weighted by Gasteiger charge is 2.08. The van der Waals surface area contributed by atoms with Gasteiger partial charge in [0.15, 0.2) is 0 Å². The lowest BCUT2D eigenvalue weighted by Gasteiger charge is -2.22. The molecule has 1 N–H and O–H groups in total. The van der Waals surface area contributed by atoms with Crippen LogP contribution in [0.2, 0.25) is 0 Å². The van der Waals surface area contributed by atoms with E-state index in [1.54, 1.807) is 0 Å². The molecule has 20 heavy (non-hydrogen) atoms. The highest BCUT2D eigenvalue weighted by Crippen LogP contribution is 2.16. The van der Waals surface area contributed by atoms with Gasteiger partial charge in [0.05, 0.1) is 0 Å². The Morgan fingerprint density at radius 1 is 1.25 bits per heavy atom. The van der Waals surface area contributed by atoms with Crippen molar-refractivity contribution in [3.8, 4) is 0 Å². The normalized spacial score (nSPS) is 10.6. The molecule has 3 heteroatoms. The van der Waals surface area contributed by atoms with Crippen LogP contribution in [0.1, 0.15) is 32.0 Å². The molecule has 1 aromatic heterocycles. The van der Waals surface area contributed by atoms with E-state index >= 15 is 0 Å². The lowest BCUT2D eigenvalue weighted by atomic mass is 10.1. The minimum atomic E-state index is 0.481. The SMILES string of the molecule is C=CCN(CC=C)c1cc(CNC(C)C)cc(CC)n1. The van der Waals surface area contributed by atoms with E-state index in [1.807, 2.05) is 12.2 Å². The predicted molar refractivity (Wildman–Crippen MR) is 88.2 cm³/mol. The van der Waals surface area contributed by atoms with Crippen LogP contribution in [0.3, 0.4) is 0 Å². The third-order valence-corrected chi connectivity index (χ3v) is 3.02.